The third-order valence-electron chi connectivity index (χ3n) is 3.64. The van der Waals surface area contributed by atoms with Gasteiger partial charge < -0.3 is 5.32 Å². The fourth-order valence-electron chi connectivity index (χ4n) is 2.58. The molecule has 2 heterocycles. The summed E-state index contributed by atoms with van der Waals surface area (Å²) in [4.78, 5) is 8.74. The minimum Gasteiger partial charge on any atom is -0.365 e. The molecule has 0 bridgehead atoms. The van der Waals surface area contributed by atoms with E-state index < -0.39 is 0 Å². The average molecular weight is 281 g/mol. The lowest BCUT2D eigenvalue weighted by Gasteiger charge is -2.09. The van der Waals surface area contributed by atoms with Gasteiger partial charge >= 0.3 is 0 Å². The maximum atomic E-state index is 4.46. The molecule has 0 unspecified atom stereocenters. The summed E-state index contributed by atoms with van der Waals surface area (Å²) in [5, 5.41) is 8.93. The summed E-state index contributed by atoms with van der Waals surface area (Å²) in [6.45, 7) is 4.90. The highest BCUT2D eigenvalue weighted by molar-refractivity contribution is 5.90. The van der Waals surface area contributed by atoms with Crippen molar-refractivity contribution >= 4 is 16.7 Å². The molecular weight excluding hydrogens is 262 g/mol. The Hall–Kier alpha value is -2.43. The van der Waals surface area contributed by atoms with Crippen LogP contribution in [-0.4, -0.2) is 19.7 Å². The zero-order chi connectivity index (χ0) is 14.8. The number of anilines is 1. The van der Waals surface area contributed by atoms with Gasteiger partial charge in [0.2, 0.25) is 0 Å². The van der Waals surface area contributed by atoms with Gasteiger partial charge in [0.25, 0.3) is 0 Å². The van der Waals surface area contributed by atoms with Crippen LogP contribution in [0.25, 0.3) is 10.9 Å². The van der Waals surface area contributed by atoms with Crippen molar-refractivity contribution in [2.24, 2.45) is 7.05 Å². The molecule has 0 amide bonds. The Morgan fingerprint density at radius 1 is 1.24 bits per heavy atom. The van der Waals surface area contributed by atoms with Gasteiger partial charge in [-0.3, -0.25) is 4.68 Å². The Morgan fingerprint density at radius 3 is 2.90 bits per heavy atom. The van der Waals surface area contributed by atoms with E-state index in [1.807, 2.05) is 17.8 Å². The molecule has 0 aliphatic carbocycles. The Bertz CT molecular complexity index is 775. The van der Waals surface area contributed by atoms with Crippen LogP contribution in [0.4, 0.5) is 5.82 Å². The summed E-state index contributed by atoms with van der Waals surface area (Å²) in [7, 11) is 1.95. The number of benzene rings is 1. The third-order valence-corrected chi connectivity index (χ3v) is 3.64. The van der Waals surface area contributed by atoms with Crippen LogP contribution in [0.2, 0.25) is 0 Å². The maximum Gasteiger partial charge on any atom is 0.137 e. The van der Waals surface area contributed by atoms with Crippen molar-refractivity contribution in [3.63, 3.8) is 0 Å². The zero-order valence-corrected chi connectivity index (χ0v) is 12.6. The van der Waals surface area contributed by atoms with E-state index in [2.05, 4.69) is 52.6 Å². The van der Waals surface area contributed by atoms with E-state index in [1.54, 1.807) is 6.33 Å². The number of hydrogen-bond acceptors (Lipinski definition) is 4. The van der Waals surface area contributed by atoms with Gasteiger partial charge in [0, 0.05) is 30.7 Å². The number of hydrogen-bond donors (Lipinski definition) is 1. The van der Waals surface area contributed by atoms with Crippen LogP contribution < -0.4 is 5.32 Å². The van der Waals surface area contributed by atoms with Crippen LogP contribution in [0, 0.1) is 6.92 Å². The fourth-order valence-corrected chi connectivity index (χ4v) is 2.58. The van der Waals surface area contributed by atoms with Crippen molar-refractivity contribution in [3.8, 4) is 0 Å². The largest absolute Gasteiger partial charge is 0.365 e. The first-order chi connectivity index (χ1) is 10.2. The van der Waals surface area contributed by atoms with E-state index in [-0.39, 0.29) is 0 Å². The number of nitrogens with one attached hydrogen (secondary N) is 1. The molecule has 1 N–H and O–H groups in total. The number of aryl methyl sites for hydroxylation is 3. The normalized spacial score (nSPS) is 11.0. The number of rotatable bonds is 4. The van der Waals surface area contributed by atoms with E-state index in [9.17, 15) is 0 Å². The van der Waals surface area contributed by atoms with Crippen LogP contribution in [0.3, 0.4) is 0 Å². The quantitative estimate of drug-likeness (QED) is 0.799. The van der Waals surface area contributed by atoms with Gasteiger partial charge in [-0.15, -0.1) is 0 Å². The highest BCUT2D eigenvalue weighted by atomic mass is 15.3. The second-order valence-electron chi connectivity index (χ2n) is 5.18. The molecule has 0 radical (unpaired) electrons. The molecule has 108 valence electrons. The second-order valence-corrected chi connectivity index (χ2v) is 5.18. The molecule has 1 aromatic carbocycles. The Labute approximate surface area is 124 Å². The van der Waals surface area contributed by atoms with Gasteiger partial charge in [0.15, 0.2) is 0 Å². The van der Waals surface area contributed by atoms with Crippen molar-refractivity contribution in [3.05, 3.63) is 47.5 Å². The summed E-state index contributed by atoms with van der Waals surface area (Å²) >= 11 is 0. The summed E-state index contributed by atoms with van der Waals surface area (Å²) in [6, 6.07) is 6.15. The van der Waals surface area contributed by atoms with E-state index in [1.165, 1.54) is 5.56 Å². The Kier molecular flexibility index (Phi) is 3.56. The average Bonchev–Trinajstić information content (AvgIpc) is 2.86. The van der Waals surface area contributed by atoms with Crippen LogP contribution in [0.1, 0.15) is 23.7 Å². The number of nitrogens with zero attached hydrogens (tertiary/aromatic N) is 4. The minimum atomic E-state index is 0.719. The lowest BCUT2D eigenvalue weighted by molar-refractivity contribution is 0.746. The zero-order valence-electron chi connectivity index (χ0n) is 12.6. The summed E-state index contributed by atoms with van der Waals surface area (Å²) < 4.78 is 1.86. The minimum absolute atomic E-state index is 0.719. The Balaban J connectivity index is 1.90. The molecule has 5 heteroatoms. The molecule has 0 atom stereocenters. The SMILES string of the molecule is CCc1nn(C)cc1CNc1ncnc2c(C)cccc12. The van der Waals surface area contributed by atoms with Crippen molar-refractivity contribution in [1.82, 2.24) is 19.7 Å². The highest BCUT2D eigenvalue weighted by Gasteiger charge is 2.08. The first-order valence-corrected chi connectivity index (χ1v) is 7.14. The summed E-state index contributed by atoms with van der Waals surface area (Å²) in [5.41, 5.74) is 4.49. The van der Waals surface area contributed by atoms with Crippen LogP contribution in [0.15, 0.2) is 30.7 Å². The lowest BCUT2D eigenvalue weighted by Crippen LogP contribution is -2.04. The standard InChI is InChI=1S/C16H19N5/c1-4-14-12(9-21(3)20-14)8-17-16-13-7-5-6-11(2)15(13)18-10-19-16/h5-7,9-10H,4,8H2,1-3H3,(H,17,18,19). The van der Waals surface area contributed by atoms with Crippen molar-refractivity contribution in [1.29, 1.82) is 0 Å². The van der Waals surface area contributed by atoms with E-state index >= 15 is 0 Å². The number of fused-ring (bicyclic) bond motifs is 1. The summed E-state index contributed by atoms with van der Waals surface area (Å²) in [6.07, 6.45) is 4.60. The van der Waals surface area contributed by atoms with Crippen molar-refractivity contribution in [2.45, 2.75) is 26.8 Å². The predicted molar refractivity (Wildman–Crippen MR) is 84.2 cm³/mol. The molecule has 21 heavy (non-hydrogen) atoms. The first kappa shape index (κ1) is 13.5. The van der Waals surface area contributed by atoms with E-state index in [0.717, 1.165) is 40.9 Å². The van der Waals surface area contributed by atoms with E-state index in [0.29, 0.717) is 0 Å². The lowest BCUT2D eigenvalue weighted by atomic mass is 10.1. The number of aromatic nitrogens is 4. The fraction of sp³-hybridized carbons (Fsp3) is 0.312. The van der Waals surface area contributed by atoms with Gasteiger partial charge in [-0.25, -0.2) is 9.97 Å². The molecule has 5 nitrogen and oxygen atoms in total. The molecule has 0 saturated heterocycles. The predicted octanol–water partition coefficient (Wildman–Crippen LogP) is 2.85. The Morgan fingerprint density at radius 2 is 2.10 bits per heavy atom. The van der Waals surface area contributed by atoms with Crippen molar-refractivity contribution in [2.75, 3.05) is 5.32 Å². The molecule has 0 spiro atoms. The molecule has 3 aromatic rings. The molecule has 0 fully saturated rings. The smallest absolute Gasteiger partial charge is 0.137 e. The number of para-hydroxylation sites is 1. The highest BCUT2D eigenvalue weighted by Crippen LogP contribution is 2.22. The first-order valence-electron chi connectivity index (χ1n) is 7.14. The van der Waals surface area contributed by atoms with Crippen LogP contribution in [-0.2, 0) is 20.0 Å². The van der Waals surface area contributed by atoms with Gasteiger partial charge in [0.05, 0.1) is 11.2 Å². The second kappa shape index (κ2) is 5.52. The molecule has 0 saturated carbocycles. The van der Waals surface area contributed by atoms with Gasteiger partial charge in [-0.2, -0.15) is 5.10 Å². The molecular formula is C16H19N5. The monoisotopic (exact) mass is 281 g/mol. The molecule has 3 rings (SSSR count). The summed E-state index contributed by atoms with van der Waals surface area (Å²) in [5.74, 6) is 0.870. The van der Waals surface area contributed by atoms with Gasteiger partial charge in [-0.05, 0) is 25.0 Å². The molecule has 0 aliphatic heterocycles. The molecule has 2 aromatic heterocycles. The topological polar surface area (TPSA) is 55.6 Å². The van der Waals surface area contributed by atoms with Gasteiger partial charge in [0.1, 0.15) is 12.1 Å². The third kappa shape index (κ3) is 2.59. The maximum absolute atomic E-state index is 4.46. The van der Waals surface area contributed by atoms with Crippen molar-refractivity contribution < 1.29 is 0 Å². The van der Waals surface area contributed by atoms with Gasteiger partial charge in [-0.1, -0.05) is 19.1 Å². The van der Waals surface area contributed by atoms with Crippen LogP contribution >= 0.6 is 0 Å². The molecule has 0 aliphatic rings. The van der Waals surface area contributed by atoms with Crippen LogP contribution in [0.5, 0.6) is 0 Å². The van der Waals surface area contributed by atoms with E-state index in [4.69, 9.17) is 0 Å².